The number of ether oxygens (including phenoxy) is 2. The van der Waals surface area contributed by atoms with Gasteiger partial charge in [-0.3, -0.25) is 4.79 Å². The maximum atomic E-state index is 12.4. The van der Waals surface area contributed by atoms with E-state index in [1.165, 1.54) is 6.08 Å². The molecule has 0 spiro atoms. The maximum absolute atomic E-state index is 12.4. The number of rotatable bonds is 7. The lowest BCUT2D eigenvalue weighted by molar-refractivity contribution is 0.104. The molecule has 2 aromatic carbocycles. The normalized spacial score (nSPS) is 10.6. The second-order valence-electron chi connectivity index (χ2n) is 5.72. The molecule has 0 bridgehead atoms. The summed E-state index contributed by atoms with van der Waals surface area (Å²) in [6.07, 6.45) is 5.00. The van der Waals surface area contributed by atoms with Crippen molar-refractivity contribution in [2.75, 3.05) is 19.5 Å². The molecule has 0 aliphatic carbocycles. The van der Waals surface area contributed by atoms with Gasteiger partial charge in [-0.2, -0.15) is 0 Å². The van der Waals surface area contributed by atoms with Crippen molar-refractivity contribution in [2.24, 2.45) is 0 Å². The smallest absolute Gasteiger partial charge is 0.185 e. The van der Waals surface area contributed by atoms with Crippen molar-refractivity contribution < 1.29 is 14.3 Å². The summed E-state index contributed by atoms with van der Waals surface area (Å²) >= 11 is 0. The number of benzene rings is 2. The first-order chi connectivity index (χ1) is 13.2. The molecule has 27 heavy (non-hydrogen) atoms. The molecular weight excluding hydrogens is 340 g/mol. The molecule has 5 nitrogen and oxygen atoms in total. The Morgan fingerprint density at radius 1 is 0.926 bits per heavy atom. The van der Waals surface area contributed by atoms with E-state index in [9.17, 15) is 4.79 Å². The van der Waals surface area contributed by atoms with Crippen LogP contribution in [0.15, 0.2) is 72.9 Å². The monoisotopic (exact) mass is 360 g/mol. The molecule has 1 aromatic heterocycles. The van der Waals surface area contributed by atoms with Gasteiger partial charge >= 0.3 is 0 Å². The van der Waals surface area contributed by atoms with Gasteiger partial charge in [0, 0.05) is 23.0 Å². The van der Waals surface area contributed by atoms with E-state index in [1.54, 1.807) is 50.8 Å². The molecule has 0 aliphatic heterocycles. The van der Waals surface area contributed by atoms with Gasteiger partial charge < -0.3 is 14.8 Å². The van der Waals surface area contributed by atoms with E-state index in [1.807, 2.05) is 36.4 Å². The Morgan fingerprint density at radius 2 is 1.56 bits per heavy atom. The fourth-order valence-corrected chi connectivity index (χ4v) is 2.48. The summed E-state index contributed by atoms with van der Waals surface area (Å²) in [4.78, 5) is 16.7. The van der Waals surface area contributed by atoms with Gasteiger partial charge in [-0.15, -0.1) is 0 Å². The number of aromatic nitrogens is 1. The van der Waals surface area contributed by atoms with Crippen LogP contribution in [0.1, 0.15) is 15.9 Å². The van der Waals surface area contributed by atoms with Gasteiger partial charge in [-0.25, -0.2) is 4.98 Å². The van der Waals surface area contributed by atoms with Crippen molar-refractivity contribution in [2.45, 2.75) is 0 Å². The lowest BCUT2D eigenvalue weighted by atomic mass is 10.1. The molecule has 0 saturated carbocycles. The first-order valence-electron chi connectivity index (χ1n) is 8.42. The number of nitrogens with zero attached hydrogens (tertiary/aromatic N) is 1. The third-order valence-corrected chi connectivity index (χ3v) is 3.98. The van der Waals surface area contributed by atoms with Crippen LogP contribution in [0.4, 0.5) is 11.5 Å². The van der Waals surface area contributed by atoms with Gasteiger partial charge in [0.15, 0.2) is 5.78 Å². The number of carbonyl (C=O) groups excluding carboxylic acids is 1. The van der Waals surface area contributed by atoms with Crippen molar-refractivity contribution in [1.82, 2.24) is 4.98 Å². The van der Waals surface area contributed by atoms with Crippen molar-refractivity contribution in [3.8, 4) is 11.5 Å². The Hall–Kier alpha value is -3.60. The van der Waals surface area contributed by atoms with Crippen LogP contribution in [0.3, 0.4) is 0 Å². The van der Waals surface area contributed by atoms with Crippen LogP contribution in [-0.2, 0) is 0 Å². The van der Waals surface area contributed by atoms with Crippen molar-refractivity contribution >= 4 is 23.4 Å². The van der Waals surface area contributed by atoms with Crippen LogP contribution in [0.25, 0.3) is 6.08 Å². The predicted molar refractivity (Wildman–Crippen MR) is 107 cm³/mol. The highest BCUT2D eigenvalue weighted by atomic mass is 16.5. The number of carbonyl (C=O) groups is 1. The molecule has 0 saturated heterocycles. The summed E-state index contributed by atoms with van der Waals surface area (Å²) in [7, 11) is 3.22. The number of ketones is 1. The van der Waals surface area contributed by atoms with E-state index in [-0.39, 0.29) is 5.78 Å². The average Bonchev–Trinajstić information content (AvgIpc) is 2.73. The zero-order chi connectivity index (χ0) is 19.1. The van der Waals surface area contributed by atoms with Crippen LogP contribution >= 0.6 is 0 Å². The minimum Gasteiger partial charge on any atom is -0.497 e. The summed E-state index contributed by atoms with van der Waals surface area (Å²) in [5, 5.41) is 3.26. The summed E-state index contributed by atoms with van der Waals surface area (Å²) in [6.45, 7) is 0. The fourth-order valence-electron chi connectivity index (χ4n) is 2.48. The summed E-state index contributed by atoms with van der Waals surface area (Å²) in [6, 6.07) is 18.3. The number of hydrogen-bond donors (Lipinski definition) is 1. The maximum Gasteiger partial charge on any atom is 0.185 e. The van der Waals surface area contributed by atoms with Crippen molar-refractivity contribution in [3.05, 3.63) is 84.1 Å². The Labute approximate surface area is 158 Å². The Morgan fingerprint density at radius 3 is 2.19 bits per heavy atom. The summed E-state index contributed by atoms with van der Waals surface area (Å²) < 4.78 is 10.3. The van der Waals surface area contributed by atoms with Crippen molar-refractivity contribution in [3.63, 3.8) is 0 Å². The number of hydrogen-bond acceptors (Lipinski definition) is 5. The quantitative estimate of drug-likeness (QED) is 0.487. The molecular formula is C22H20N2O3. The molecule has 0 atom stereocenters. The highest BCUT2D eigenvalue weighted by molar-refractivity contribution is 6.07. The van der Waals surface area contributed by atoms with E-state index in [0.717, 1.165) is 17.0 Å². The molecule has 0 amide bonds. The molecule has 136 valence electrons. The average molecular weight is 360 g/mol. The van der Waals surface area contributed by atoms with Crippen LogP contribution < -0.4 is 14.8 Å². The van der Waals surface area contributed by atoms with Gasteiger partial charge in [0.25, 0.3) is 0 Å². The Balaban J connectivity index is 1.76. The Kier molecular flexibility index (Phi) is 5.84. The second-order valence-corrected chi connectivity index (χ2v) is 5.72. The molecule has 0 radical (unpaired) electrons. The fraction of sp³-hybridized carbons (Fsp3) is 0.0909. The molecule has 0 fully saturated rings. The van der Waals surface area contributed by atoms with E-state index in [0.29, 0.717) is 17.1 Å². The summed E-state index contributed by atoms with van der Waals surface area (Å²) in [5.74, 6) is 2.08. The lowest BCUT2D eigenvalue weighted by Crippen LogP contribution is -1.97. The number of methoxy groups -OCH3 is 2. The second kappa shape index (κ2) is 8.67. The van der Waals surface area contributed by atoms with Crippen LogP contribution in [0, 0.1) is 0 Å². The molecule has 5 heteroatoms. The zero-order valence-corrected chi connectivity index (χ0v) is 15.2. The van der Waals surface area contributed by atoms with Crippen LogP contribution in [0.2, 0.25) is 0 Å². The van der Waals surface area contributed by atoms with Crippen LogP contribution in [-0.4, -0.2) is 25.0 Å². The Bertz CT molecular complexity index is 933. The number of pyridine rings is 1. The molecule has 3 aromatic rings. The number of nitrogens with one attached hydrogen (secondary N) is 1. The molecule has 1 N–H and O–H groups in total. The van der Waals surface area contributed by atoms with Gasteiger partial charge in [0.05, 0.1) is 14.2 Å². The third-order valence-electron chi connectivity index (χ3n) is 3.98. The number of anilines is 2. The van der Waals surface area contributed by atoms with E-state index < -0.39 is 0 Å². The van der Waals surface area contributed by atoms with Gasteiger partial charge in [-0.1, -0.05) is 0 Å². The van der Waals surface area contributed by atoms with Crippen LogP contribution in [0.5, 0.6) is 11.5 Å². The largest absolute Gasteiger partial charge is 0.497 e. The number of allylic oxidation sites excluding steroid dienone is 1. The third kappa shape index (κ3) is 4.73. The summed E-state index contributed by atoms with van der Waals surface area (Å²) in [5.41, 5.74) is 2.29. The lowest BCUT2D eigenvalue weighted by Gasteiger charge is -2.09. The minimum atomic E-state index is -0.0862. The van der Waals surface area contributed by atoms with Gasteiger partial charge in [-0.05, 0) is 72.8 Å². The SMILES string of the molecule is COc1ccc(Nc2ncccc2/C=C/C(=O)c2ccc(OC)cc2)cc1. The molecule has 1 heterocycles. The predicted octanol–water partition coefficient (Wildman–Crippen LogP) is 4.74. The van der Waals surface area contributed by atoms with Gasteiger partial charge in [0.2, 0.25) is 0 Å². The molecule has 0 unspecified atom stereocenters. The highest BCUT2D eigenvalue weighted by Crippen LogP contribution is 2.22. The standard InChI is InChI=1S/C22H20N2O3/c1-26-19-10-5-16(6-11-19)21(25)14-7-17-4-3-15-23-22(17)24-18-8-12-20(27-2)13-9-18/h3-15H,1-2H3,(H,23,24)/b14-7+. The molecule has 0 aliphatic rings. The topological polar surface area (TPSA) is 60.5 Å². The minimum absolute atomic E-state index is 0.0862. The van der Waals surface area contributed by atoms with E-state index in [2.05, 4.69) is 10.3 Å². The van der Waals surface area contributed by atoms with E-state index >= 15 is 0 Å². The van der Waals surface area contributed by atoms with Crippen molar-refractivity contribution in [1.29, 1.82) is 0 Å². The highest BCUT2D eigenvalue weighted by Gasteiger charge is 2.05. The van der Waals surface area contributed by atoms with Gasteiger partial charge in [0.1, 0.15) is 17.3 Å². The zero-order valence-electron chi connectivity index (χ0n) is 15.2. The van der Waals surface area contributed by atoms with E-state index in [4.69, 9.17) is 9.47 Å². The molecule has 3 rings (SSSR count). The first kappa shape index (κ1) is 18.2. The first-order valence-corrected chi connectivity index (χ1v) is 8.42.